The van der Waals surface area contributed by atoms with Crippen LogP contribution in [0.2, 0.25) is 0 Å². The van der Waals surface area contributed by atoms with Crippen LogP contribution in [-0.4, -0.2) is 23.6 Å². The average Bonchev–Trinajstić information content (AvgIpc) is 2.60. The molecule has 132 valence electrons. The van der Waals surface area contributed by atoms with Crippen molar-refractivity contribution in [2.75, 3.05) is 6.61 Å². The van der Waals surface area contributed by atoms with Crippen molar-refractivity contribution in [1.82, 2.24) is 5.32 Å². The topological polar surface area (TPSA) is 75.6 Å². The van der Waals surface area contributed by atoms with E-state index in [2.05, 4.69) is 5.32 Å². The Morgan fingerprint density at radius 3 is 2.62 bits per heavy atom. The van der Waals surface area contributed by atoms with Crippen molar-refractivity contribution in [1.29, 1.82) is 0 Å². The van der Waals surface area contributed by atoms with Crippen molar-refractivity contribution in [3.05, 3.63) is 29.8 Å². The summed E-state index contributed by atoms with van der Waals surface area (Å²) in [4.78, 5) is 23.8. The minimum Gasteiger partial charge on any atom is -0.494 e. The zero-order valence-corrected chi connectivity index (χ0v) is 14.5. The Kier molecular flexibility index (Phi) is 6.64. The third kappa shape index (κ3) is 4.49. The molecule has 1 aliphatic carbocycles. The first-order valence-electron chi connectivity index (χ1n) is 8.81. The molecule has 2 rings (SSSR count). The summed E-state index contributed by atoms with van der Waals surface area (Å²) in [5, 5.41) is 12.3. The van der Waals surface area contributed by atoms with E-state index in [1.807, 2.05) is 38.1 Å². The van der Waals surface area contributed by atoms with Gasteiger partial charge in [-0.3, -0.25) is 9.59 Å². The van der Waals surface area contributed by atoms with Gasteiger partial charge in [-0.25, -0.2) is 0 Å². The Labute approximate surface area is 143 Å². The maximum atomic E-state index is 12.6. The Morgan fingerprint density at radius 1 is 1.25 bits per heavy atom. The van der Waals surface area contributed by atoms with Gasteiger partial charge in [0.15, 0.2) is 0 Å². The van der Waals surface area contributed by atoms with E-state index < -0.39 is 11.9 Å². The number of carbonyl (C=O) groups excluding carboxylic acids is 1. The first-order valence-corrected chi connectivity index (χ1v) is 8.81. The molecule has 1 fully saturated rings. The van der Waals surface area contributed by atoms with Gasteiger partial charge in [-0.15, -0.1) is 0 Å². The molecule has 3 unspecified atom stereocenters. The van der Waals surface area contributed by atoms with Crippen LogP contribution in [0.25, 0.3) is 0 Å². The van der Waals surface area contributed by atoms with Crippen molar-refractivity contribution >= 4 is 11.9 Å². The van der Waals surface area contributed by atoms with Crippen LogP contribution < -0.4 is 10.1 Å². The van der Waals surface area contributed by atoms with Gasteiger partial charge in [-0.05, 0) is 38.7 Å². The molecule has 1 aromatic carbocycles. The Morgan fingerprint density at radius 2 is 1.96 bits per heavy atom. The molecule has 0 spiro atoms. The molecule has 1 amide bonds. The van der Waals surface area contributed by atoms with Crippen LogP contribution in [0.5, 0.6) is 5.75 Å². The summed E-state index contributed by atoms with van der Waals surface area (Å²) in [5.41, 5.74) is 0.973. The number of aliphatic carboxylic acids is 1. The van der Waals surface area contributed by atoms with Gasteiger partial charge >= 0.3 is 5.97 Å². The second-order valence-corrected chi connectivity index (χ2v) is 6.34. The van der Waals surface area contributed by atoms with Gasteiger partial charge in [0.1, 0.15) is 5.75 Å². The quantitative estimate of drug-likeness (QED) is 0.800. The van der Waals surface area contributed by atoms with E-state index in [1.165, 1.54) is 0 Å². The van der Waals surface area contributed by atoms with E-state index in [0.29, 0.717) is 19.4 Å². The third-order valence-corrected chi connectivity index (χ3v) is 4.71. The van der Waals surface area contributed by atoms with Crippen molar-refractivity contribution in [3.8, 4) is 5.75 Å². The summed E-state index contributed by atoms with van der Waals surface area (Å²) in [5.74, 6) is -0.655. The van der Waals surface area contributed by atoms with Gasteiger partial charge < -0.3 is 15.2 Å². The lowest BCUT2D eigenvalue weighted by molar-refractivity contribution is -0.144. The standard InChI is InChI=1S/C19H27NO4/c1-3-16(15-10-5-6-11-17(15)24-4-2)20-18(21)13-8-7-9-14(12-13)19(22)23/h5-6,10-11,13-14,16H,3-4,7-9,12H2,1-2H3,(H,20,21)(H,22,23). The molecule has 24 heavy (non-hydrogen) atoms. The summed E-state index contributed by atoms with van der Waals surface area (Å²) in [6.07, 6.45) is 3.42. The number of carboxylic acid groups (broad SMARTS) is 1. The summed E-state index contributed by atoms with van der Waals surface area (Å²) >= 11 is 0. The molecular formula is C19H27NO4. The molecule has 0 aliphatic heterocycles. The van der Waals surface area contributed by atoms with Crippen LogP contribution in [0.4, 0.5) is 0 Å². The van der Waals surface area contributed by atoms with Gasteiger partial charge in [-0.2, -0.15) is 0 Å². The van der Waals surface area contributed by atoms with E-state index in [4.69, 9.17) is 4.74 Å². The molecule has 2 N–H and O–H groups in total. The fourth-order valence-corrected chi connectivity index (χ4v) is 3.40. The molecule has 5 heteroatoms. The second kappa shape index (κ2) is 8.71. The van der Waals surface area contributed by atoms with Crippen molar-refractivity contribution in [3.63, 3.8) is 0 Å². The molecule has 0 heterocycles. The summed E-state index contributed by atoms with van der Waals surface area (Å²) < 4.78 is 5.67. The Bertz CT molecular complexity index is 572. The Balaban J connectivity index is 2.07. The lowest BCUT2D eigenvalue weighted by Gasteiger charge is -2.28. The highest BCUT2D eigenvalue weighted by atomic mass is 16.5. The van der Waals surface area contributed by atoms with Crippen molar-refractivity contribution in [2.45, 2.75) is 52.0 Å². The zero-order chi connectivity index (χ0) is 17.5. The fourth-order valence-electron chi connectivity index (χ4n) is 3.40. The first-order chi connectivity index (χ1) is 11.6. The molecule has 1 aliphatic rings. The SMILES string of the molecule is CCOc1ccccc1C(CC)NC(=O)C1CCCC(C(=O)O)C1. The molecule has 1 aromatic rings. The number of carbonyl (C=O) groups is 2. The van der Waals surface area contributed by atoms with Crippen LogP contribution >= 0.6 is 0 Å². The van der Waals surface area contributed by atoms with Gasteiger partial charge in [0.05, 0.1) is 18.6 Å². The number of nitrogens with one attached hydrogen (secondary N) is 1. The number of benzene rings is 1. The largest absolute Gasteiger partial charge is 0.494 e. The zero-order valence-electron chi connectivity index (χ0n) is 14.5. The van der Waals surface area contributed by atoms with Crippen LogP contribution in [0.1, 0.15) is 57.6 Å². The lowest BCUT2D eigenvalue weighted by atomic mass is 9.81. The molecule has 1 saturated carbocycles. The minimum atomic E-state index is -0.791. The van der Waals surface area contributed by atoms with Crippen molar-refractivity contribution < 1.29 is 19.4 Å². The predicted molar refractivity (Wildman–Crippen MR) is 91.9 cm³/mol. The molecule has 0 bridgehead atoms. The van der Waals surface area contributed by atoms with Gasteiger partial charge in [0, 0.05) is 11.5 Å². The monoisotopic (exact) mass is 333 g/mol. The number of hydrogen-bond donors (Lipinski definition) is 2. The molecule has 5 nitrogen and oxygen atoms in total. The van der Waals surface area contributed by atoms with E-state index >= 15 is 0 Å². The number of rotatable bonds is 7. The maximum Gasteiger partial charge on any atom is 0.306 e. The van der Waals surface area contributed by atoms with E-state index in [1.54, 1.807) is 0 Å². The second-order valence-electron chi connectivity index (χ2n) is 6.34. The number of ether oxygens (including phenoxy) is 1. The molecule has 3 atom stereocenters. The molecule has 0 aromatic heterocycles. The predicted octanol–water partition coefficient (Wildman–Crippen LogP) is 3.54. The first kappa shape index (κ1) is 18.3. The highest BCUT2D eigenvalue weighted by Gasteiger charge is 2.32. The van der Waals surface area contributed by atoms with Gasteiger partial charge in [0.25, 0.3) is 0 Å². The maximum absolute atomic E-state index is 12.6. The summed E-state index contributed by atoms with van der Waals surface area (Å²) in [7, 11) is 0. The minimum absolute atomic E-state index is 0.0425. The molecular weight excluding hydrogens is 306 g/mol. The van der Waals surface area contributed by atoms with Crippen LogP contribution in [0.3, 0.4) is 0 Å². The summed E-state index contributed by atoms with van der Waals surface area (Å²) in [6.45, 7) is 4.53. The summed E-state index contributed by atoms with van der Waals surface area (Å²) in [6, 6.07) is 7.62. The van der Waals surface area contributed by atoms with Crippen LogP contribution in [-0.2, 0) is 9.59 Å². The van der Waals surface area contributed by atoms with Gasteiger partial charge in [-0.1, -0.05) is 31.5 Å². The van der Waals surface area contributed by atoms with E-state index in [9.17, 15) is 14.7 Å². The number of amides is 1. The molecule has 0 radical (unpaired) electrons. The number of carboxylic acids is 1. The van der Waals surface area contributed by atoms with Crippen LogP contribution in [0, 0.1) is 11.8 Å². The highest BCUT2D eigenvalue weighted by Crippen LogP contribution is 2.31. The molecule has 0 saturated heterocycles. The normalized spacial score (nSPS) is 21.8. The third-order valence-electron chi connectivity index (χ3n) is 4.71. The highest BCUT2D eigenvalue weighted by molar-refractivity contribution is 5.80. The number of para-hydroxylation sites is 1. The van der Waals surface area contributed by atoms with Gasteiger partial charge in [0.2, 0.25) is 5.91 Å². The van der Waals surface area contributed by atoms with Crippen LogP contribution in [0.15, 0.2) is 24.3 Å². The van der Waals surface area contributed by atoms with E-state index in [0.717, 1.165) is 30.6 Å². The van der Waals surface area contributed by atoms with Crippen molar-refractivity contribution in [2.24, 2.45) is 11.8 Å². The smallest absolute Gasteiger partial charge is 0.306 e. The van der Waals surface area contributed by atoms with E-state index in [-0.39, 0.29) is 17.9 Å². The fraction of sp³-hybridized carbons (Fsp3) is 0.579. The lowest BCUT2D eigenvalue weighted by Crippen LogP contribution is -2.37. The Hall–Kier alpha value is -2.04. The number of hydrogen-bond acceptors (Lipinski definition) is 3. The average molecular weight is 333 g/mol.